The smallest absolute Gasteiger partial charge is 0.255 e. The topological polar surface area (TPSA) is 100 Å². The van der Waals surface area contributed by atoms with E-state index in [2.05, 4.69) is 55.5 Å². The van der Waals surface area contributed by atoms with Gasteiger partial charge in [-0.25, -0.2) is 0 Å². The van der Waals surface area contributed by atoms with E-state index in [4.69, 9.17) is 4.74 Å². The molecular formula is C33H36N8O2. The Labute approximate surface area is 251 Å². The number of carbonyl (C=O) groups excluding carboxylic acids is 1. The summed E-state index contributed by atoms with van der Waals surface area (Å²) in [5.41, 5.74) is 6.04. The number of rotatable bonds is 8. The van der Waals surface area contributed by atoms with E-state index in [0.29, 0.717) is 34.2 Å². The third-order valence-electron chi connectivity index (χ3n) is 7.83. The molecule has 0 unspecified atom stereocenters. The van der Waals surface area contributed by atoms with Gasteiger partial charge in [0.2, 0.25) is 11.8 Å². The van der Waals surface area contributed by atoms with Crippen LogP contribution in [0.4, 0.5) is 17.3 Å². The van der Waals surface area contributed by atoms with Gasteiger partial charge in [0.25, 0.3) is 5.91 Å². The number of nitrogens with zero attached hydrogens (tertiary/aromatic N) is 6. The molecule has 10 nitrogen and oxygen atoms in total. The summed E-state index contributed by atoms with van der Waals surface area (Å²) < 4.78 is 8.01. The highest BCUT2D eigenvalue weighted by molar-refractivity contribution is 6.04. The van der Waals surface area contributed by atoms with Crippen LogP contribution in [0.5, 0.6) is 11.6 Å². The molecule has 1 saturated heterocycles. The van der Waals surface area contributed by atoms with Crippen molar-refractivity contribution in [3.63, 3.8) is 0 Å². The molecule has 10 heteroatoms. The lowest BCUT2D eigenvalue weighted by atomic mass is 10.1. The number of nitrogens with one attached hydrogen (secondary N) is 2. The standard InChI is InChI=1S/C33H36N8O2/c1-22-10-11-24(31(42)35-27-13-12-25(23(2)18-27)21-41-16-14-39(3)15-17-41)19-29(22)43-32-28-20-34-40(4)30(28)37-33(38-32)36-26-8-6-5-7-9-26/h5-13,18-20H,14-17,21H2,1-4H3,(H,35,42)(H,36,37,38). The fraction of sp³-hybridized carbons (Fsp3) is 0.273. The summed E-state index contributed by atoms with van der Waals surface area (Å²) in [6, 6.07) is 21.2. The van der Waals surface area contributed by atoms with Gasteiger partial charge in [0, 0.05) is 56.7 Å². The zero-order valence-corrected chi connectivity index (χ0v) is 25.0. The highest BCUT2D eigenvalue weighted by Gasteiger charge is 2.18. The lowest BCUT2D eigenvalue weighted by molar-refractivity contribution is 0.102. The molecule has 43 heavy (non-hydrogen) atoms. The lowest BCUT2D eigenvalue weighted by Gasteiger charge is -2.32. The predicted molar refractivity (Wildman–Crippen MR) is 169 cm³/mol. The van der Waals surface area contributed by atoms with Crippen LogP contribution in [0, 0.1) is 13.8 Å². The van der Waals surface area contributed by atoms with Gasteiger partial charge in [-0.05, 0) is 74.0 Å². The van der Waals surface area contributed by atoms with Crippen LogP contribution in [-0.2, 0) is 13.6 Å². The molecule has 3 heterocycles. The van der Waals surface area contributed by atoms with Crippen molar-refractivity contribution in [1.82, 2.24) is 29.5 Å². The molecule has 2 N–H and O–H groups in total. The van der Waals surface area contributed by atoms with Crippen LogP contribution >= 0.6 is 0 Å². The number of piperazine rings is 1. The molecule has 3 aromatic carbocycles. The summed E-state index contributed by atoms with van der Waals surface area (Å²) in [6.45, 7) is 9.27. The number of amides is 1. The highest BCUT2D eigenvalue weighted by Crippen LogP contribution is 2.32. The van der Waals surface area contributed by atoms with E-state index in [1.165, 1.54) is 5.56 Å². The van der Waals surface area contributed by atoms with E-state index in [-0.39, 0.29) is 5.91 Å². The average molecular weight is 577 g/mol. The van der Waals surface area contributed by atoms with Crippen LogP contribution in [0.1, 0.15) is 27.0 Å². The van der Waals surface area contributed by atoms with E-state index in [9.17, 15) is 4.79 Å². The van der Waals surface area contributed by atoms with Crippen molar-refractivity contribution in [2.75, 3.05) is 43.9 Å². The molecule has 0 bridgehead atoms. The number of hydrogen-bond donors (Lipinski definition) is 2. The Balaban J connectivity index is 1.19. The number of fused-ring (bicyclic) bond motifs is 1. The number of para-hydroxylation sites is 1. The number of aromatic nitrogens is 4. The van der Waals surface area contributed by atoms with Gasteiger partial charge in [0.05, 0.1) is 6.20 Å². The summed E-state index contributed by atoms with van der Waals surface area (Å²) in [4.78, 5) is 27.4. The summed E-state index contributed by atoms with van der Waals surface area (Å²) in [5, 5.41) is 11.3. The average Bonchev–Trinajstić information content (AvgIpc) is 3.37. The molecule has 1 amide bonds. The van der Waals surface area contributed by atoms with E-state index in [1.807, 2.05) is 62.5 Å². The Morgan fingerprint density at radius 1 is 0.884 bits per heavy atom. The first-order chi connectivity index (χ1) is 20.8. The van der Waals surface area contributed by atoms with Crippen LogP contribution in [0.2, 0.25) is 0 Å². The summed E-state index contributed by atoms with van der Waals surface area (Å²) in [6.07, 6.45) is 1.68. The minimum Gasteiger partial charge on any atom is -0.438 e. The molecule has 1 aliphatic heterocycles. The Bertz CT molecular complexity index is 1760. The largest absolute Gasteiger partial charge is 0.438 e. The quantitative estimate of drug-likeness (QED) is 0.249. The molecule has 0 atom stereocenters. The first kappa shape index (κ1) is 28.3. The molecule has 1 fully saturated rings. The van der Waals surface area contributed by atoms with Crippen molar-refractivity contribution in [3.05, 3.63) is 95.2 Å². The molecule has 1 aliphatic rings. The van der Waals surface area contributed by atoms with E-state index < -0.39 is 0 Å². The number of aryl methyl sites for hydroxylation is 3. The molecule has 220 valence electrons. The first-order valence-electron chi connectivity index (χ1n) is 14.4. The second-order valence-electron chi connectivity index (χ2n) is 11.1. The van der Waals surface area contributed by atoms with Gasteiger partial charge in [-0.1, -0.05) is 30.3 Å². The van der Waals surface area contributed by atoms with Gasteiger partial charge in [0.1, 0.15) is 11.1 Å². The van der Waals surface area contributed by atoms with Crippen LogP contribution in [0.3, 0.4) is 0 Å². The van der Waals surface area contributed by atoms with Gasteiger partial charge < -0.3 is 20.3 Å². The molecule has 0 aliphatic carbocycles. The second kappa shape index (κ2) is 12.2. The number of likely N-dealkylation sites (N-methyl/N-ethyl adjacent to an activating group) is 1. The summed E-state index contributed by atoms with van der Waals surface area (Å²) in [5.74, 6) is 1.05. The zero-order valence-electron chi connectivity index (χ0n) is 25.0. The maximum absolute atomic E-state index is 13.3. The lowest BCUT2D eigenvalue weighted by Crippen LogP contribution is -2.43. The Hall–Kier alpha value is -4.80. The van der Waals surface area contributed by atoms with Gasteiger partial charge in [-0.2, -0.15) is 15.1 Å². The third kappa shape index (κ3) is 6.50. The normalized spacial score (nSPS) is 14.1. The van der Waals surface area contributed by atoms with Crippen LogP contribution in [-0.4, -0.2) is 68.7 Å². The van der Waals surface area contributed by atoms with Crippen LogP contribution in [0.15, 0.2) is 72.9 Å². The highest BCUT2D eigenvalue weighted by atomic mass is 16.5. The Morgan fingerprint density at radius 2 is 1.67 bits per heavy atom. The molecular weight excluding hydrogens is 540 g/mol. The molecule has 6 rings (SSSR count). The molecule has 0 saturated carbocycles. The summed E-state index contributed by atoms with van der Waals surface area (Å²) in [7, 11) is 3.99. The van der Waals surface area contributed by atoms with Crippen molar-refractivity contribution >= 4 is 34.3 Å². The van der Waals surface area contributed by atoms with Gasteiger partial charge in [-0.3, -0.25) is 14.4 Å². The van der Waals surface area contributed by atoms with Crippen molar-refractivity contribution in [3.8, 4) is 11.6 Å². The van der Waals surface area contributed by atoms with E-state index >= 15 is 0 Å². The Kier molecular flexibility index (Phi) is 8.04. The van der Waals surface area contributed by atoms with Crippen molar-refractivity contribution in [1.29, 1.82) is 0 Å². The maximum atomic E-state index is 13.3. The fourth-order valence-corrected chi connectivity index (χ4v) is 5.14. The van der Waals surface area contributed by atoms with E-state index in [0.717, 1.165) is 55.2 Å². The molecule has 0 radical (unpaired) electrons. The number of anilines is 3. The van der Waals surface area contributed by atoms with Gasteiger partial charge in [-0.15, -0.1) is 0 Å². The predicted octanol–water partition coefficient (Wildman–Crippen LogP) is 5.52. The summed E-state index contributed by atoms with van der Waals surface area (Å²) >= 11 is 0. The number of hydrogen-bond acceptors (Lipinski definition) is 8. The minimum absolute atomic E-state index is 0.211. The number of carbonyl (C=O) groups is 1. The molecule has 0 spiro atoms. The monoisotopic (exact) mass is 576 g/mol. The molecule has 5 aromatic rings. The second-order valence-corrected chi connectivity index (χ2v) is 11.1. The van der Waals surface area contributed by atoms with Crippen LogP contribution in [0.25, 0.3) is 11.0 Å². The van der Waals surface area contributed by atoms with Crippen molar-refractivity contribution < 1.29 is 9.53 Å². The first-order valence-corrected chi connectivity index (χ1v) is 14.4. The SMILES string of the molecule is Cc1cc(NC(=O)c2ccc(C)c(Oc3nc(Nc4ccccc4)nc4c3cnn4C)c2)ccc1CN1CCN(C)CC1. The molecule has 2 aromatic heterocycles. The van der Waals surface area contributed by atoms with Gasteiger partial charge in [0.15, 0.2) is 5.65 Å². The fourth-order valence-electron chi connectivity index (χ4n) is 5.14. The van der Waals surface area contributed by atoms with Crippen molar-refractivity contribution in [2.24, 2.45) is 7.05 Å². The number of benzene rings is 3. The van der Waals surface area contributed by atoms with Crippen molar-refractivity contribution in [2.45, 2.75) is 20.4 Å². The van der Waals surface area contributed by atoms with Crippen LogP contribution < -0.4 is 15.4 Å². The maximum Gasteiger partial charge on any atom is 0.255 e. The number of ether oxygens (including phenoxy) is 1. The van der Waals surface area contributed by atoms with E-state index in [1.54, 1.807) is 23.0 Å². The van der Waals surface area contributed by atoms with Gasteiger partial charge >= 0.3 is 0 Å². The Morgan fingerprint density at radius 3 is 2.44 bits per heavy atom. The minimum atomic E-state index is -0.211. The zero-order chi connectivity index (χ0) is 29.9. The third-order valence-corrected chi connectivity index (χ3v) is 7.83.